The van der Waals surface area contributed by atoms with Crippen molar-refractivity contribution in [1.82, 2.24) is 0 Å². The average molecular weight is 1080 g/mol. The standard InChI is InChI=1S/C25H14F36OS2/c26-7(3-10(28,29)12(32,33)14(36,37)16(40,41)18(44,45)20(48,49)22(52,53)24(56,57)58)63-5-9(1-2-62-9)6-64-8(27)4-11(30,31)13(34,35)15(38,39)17(42,43)19(46,47)21(50,51)23(54,55)25(59,60)61/h7-8H,1-6H2. The third kappa shape index (κ3) is 8.85. The first-order chi connectivity index (χ1) is 27.4. The number of rotatable bonds is 22. The van der Waals surface area contributed by atoms with Crippen LogP contribution in [0.5, 0.6) is 0 Å². The van der Waals surface area contributed by atoms with Gasteiger partial charge in [0.15, 0.2) is 11.0 Å². The topological polar surface area (TPSA) is 9.23 Å². The van der Waals surface area contributed by atoms with Gasteiger partial charge in [-0.3, -0.25) is 0 Å². The quantitative estimate of drug-likeness (QED) is 0.100. The lowest BCUT2D eigenvalue weighted by Gasteiger charge is -2.43. The number of hydrogen-bond donors (Lipinski definition) is 0. The van der Waals surface area contributed by atoms with Gasteiger partial charge in [0, 0.05) is 17.9 Å². The molecule has 39 heteroatoms. The van der Waals surface area contributed by atoms with Gasteiger partial charge in [-0.1, -0.05) is 0 Å². The Morgan fingerprint density at radius 1 is 0.328 bits per heavy atom. The van der Waals surface area contributed by atoms with Crippen LogP contribution in [-0.2, 0) is 4.74 Å². The summed E-state index contributed by atoms with van der Waals surface area (Å²) in [6, 6.07) is 0. The van der Waals surface area contributed by atoms with Gasteiger partial charge in [0.2, 0.25) is 0 Å². The number of ether oxygens (including phenoxy) is 1. The lowest BCUT2D eigenvalue weighted by atomic mass is 9.88. The summed E-state index contributed by atoms with van der Waals surface area (Å²) >= 11 is -2.11. The summed E-state index contributed by atoms with van der Waals surface area (Å²) < 4.78 is 489. The van der Waals surface area contributed by atoms with Crippen molar-refractivity contribution >= 4 is 23.5 Å². The Morgan fingerprint density at radius 2 is 0.516 bits per heavy atom. The molecule has 384 valence electrons. The van der Waals surface area contributed by atoms with E-state index in [4.69, 9.17) is 0 Å². The van der Waals surface area contributed by atoms with Crippen LogP contribution in [0.4, 0.5) is 158 Å². The Bertz CT molecular complexity index is 1490. The number of halogens is 36. The molecule has 1 nitrogen and oxygen atoms in total. The molecular formula is C25H14F36OS2. The summed E-state index contributed by atoms with van der Waals surface area (Å²) in [5.41, 5.74) is -10.7. The molecule has 0 N–H and O–H groups in total. The minimum absolute atomic E-state index is 0.751. The highest BCUT2D eigenvalue weighted by atomic mass is 32.2. The molecule has 0 spiro atoms. The van der Waals surface area contributed by atoms with Crippen LogP contribution in [0.2, 0.25) is 0 Å². The van der Waals surface area contributed by atoms with E-state index < -0.39 is 173 Å². The SMILES string of the molecule is FC(CC(F)(F)C(F)(F)C(F)(F)C(F)(F)C(F)(F)C(F)(F)C(F)(F)C(F)(F)F)SCC1(CSC(F)CC(F)(F)C(F)(F)C(F)(F)C(F)(F)C(F)(F)C(F)(F)C(F)(F)C(F)(F)F)CCO1. The van der Waals surface area contributed by atoms with Gasteiger partial charge in [-0.25, -0.2) is 8.78 Å². The second-order valence-corrected chi connectivity index (χ2v) is 15.2. The second-order valence-electron chi connectivity index (χ2n) is 12.9. The Kier molecular flexibility index (Phi) is 15.7. The molecule has 2 unspecified atom stereocenters. The fourth-order valence-electron chi connectivity index (χ4n) is 4.31. The molecule has 0 amide bonds. The van der Waals surface area contributed by atoms with Crippen LogP contribution in [0.15, 0.2) is 0 Å². The molecule has 1 aliphatic heterocycles. The number of hydrogen-bond acceptors (Lipinski definition) is 3. The second kappa shape index (κ2) is 16.7. The third-order valence-electron chi connectivity index (χ3n) is 8.43. The van der Waals surface area contributed by atoms with Gasteiger partial charge >= 0.3 is 95.3 Å². The molecule has 1 saturated heterocycles. The average Bonchev–Trinajstić information content (AvgIpc) is 3.04. The van der Waals surface area contributed by atoms with E-state index in [2.05, 4.69) is 4.74 Å². The molecule has 1 heterocycles. The first-order valence-corrected chi connectivity index (χ1v) is 17.1. The summed E-state index contributed by atoms with van der Waals surface area (Å²) in [5.74, 6) is -123. The van der Waals surface area contributed by atoms with Gasteiger partial charge < -0.3 is 4.74 Å². The van der Waals surface area contributed by atoms with Crippen molar-refractivity contribution < 1.29 is 163 Å². The van der Waals surface area contributed by atoms with Crippen molar-refractivity contribution in [1.29, 1.82) is 0 Å². The van der Waals surface area contributed by atoms with E-state index in [1.165, 1.54) is 0 Å². The minimum Gasteiger partial charge on any atom is -0.373 e. The maximum Gasteiger partial charge on any atom is 0.460 e. The fraction of sp³-hybridized carbons (Fsp3) is 1.00. The van der Waals surface area contributed by atoms with Gasteiger partial charge in [-0.2, -0.15) is 149 Å². The molecule has 0 aromatic rings. The van der Waals surface area contributed by atoms with Crippen LogP contribution in [0.25, 0.3) is 0 Å². The monoisotopic (exact) mass is 1080 g/mol. The molecule has 0 aliphatic carbocycles. The molecular weight excluding hydrogens is 1060 g/mol. The summed E-state index contributed by atoms with van der Waals surface area (Å²) in [6.07, 6.45) is -24.4. The summed E-state index contributed by atoms with van der Waals surface area (Å²) in [7, 11) is 0. The van der Waals surface area contributed by atoms with Crippen molar-refractivity contribution in [2.24, 2.45) is 0 Å². The predicted octanol–water partition coefficient (Wildman–Crippen LogP) is 14.0. The van der Waals surface area contributed by atoms with Gasteiger partial charge in [0.05, 0.1) is 25.0 Å². The predicted molar refractivity (Wildman–Crippen MR) is 139 cm³/mol. The normalized spacial score (nSPS) is 20.6. The highest BCUT2D eigenvalue weighted by Crippen LogP contribution is 2.66. The van der Waals surface area contributed by atoms with Crippen LogP contribution in [0.3, 0.4) is 0 Å². The lowest BCUT2D eigenvalue weighted by molar-refractivity contribution is -0.462. The molecule has 0 aromatic carbocycles. The molecule has 1 aliphatic rings. The van der Waals surface area contributed by atoms with Crippen molar-refractivity contribution in [3.8, 4) is 0 Å². The lowest BCUT2D eigenvalue weighted by Crippen LogP contribution is -2.74. The van der Waals surface area contributed by atoms with Gasteiger partial charge in [0.1, 0.15) is 0 Å². The van der Waals surface area contributed by atoms with E-state index in [1.807, 2.05) is 0 Å². The van der Waals surface area contributed by atoms with Crippen molar-refractivity contribution in [2.45, 2.75) is 131 Å². The number of alkyl halides is 36. The molecule has 0 aromatic heterocycles. The fourth-order valence-corrected chi connectivity index (χ4v) is 6.73. The Balaban J connectivity index is 3.26. The van der Waals surface area contributed by atoms with Crippen LogP contribution in [0.1, 0.15) is 19.3 Å². The van der Waals surface area contributed by atoms with Crippen molar-refractivity contribution in [3.63, 3.8) is 0 Å². The van der Waals surface area contributed by atoms with Crippen LogP contribution in [-0.4, -0.2) is 130 Å². The Labute approximate surface area is 336 Å². The van der Waals surface area contributed by atoms with Crippen LogP contribution < -0.4 is 0 Å². The summed E-state index contributed by atoms with van der Waals surface area (Å²) in [4.78, 5) is 0. The van der Waals surface area contributed by atoms with E-state index in [0.717, 1.165) is 0 Å². The van der Waals surface area contributed by atoms with Crippen molar-refractivity contribution in [3.05, 3.63) is 0 Å². The zero-order valence-corrected chi connectivity index (χ0v) is 30.4. The highest BCUT2D eigenvalue weighted by Gasteiger charge is 2.97. The van der Waals surface area contributed by atoms with E-state index in [-0.39, 0.29) is 0 Å². The first-order valence-electron chi connectivity index (χ1n) is 15.0. The first kappa shape index (κ1) is 60.2. The van der Waals surface area contributed by atoms with E-state index in [1.54, 1.807) is 0 Å². The van der Waals surface area contributed by atoms with Crippen LogP contribution >= 0.6 is 23.5 Å². The summed E-state index contributed by atoms with van der Waals surface area (Å²) in [5, 5.41) is 0. The summed E-state index contributed by atoms with van der Waals surface area (Å²) in [6.45, 7) is -0.751. The maximum atomic E-state index is 14.3. The largest absolute Gasteiger partial charge is 0.460 e. The maximum absolute atomic E-state index is 14.3. The minimum atomic E-state index is -9.04. The van der Waals surface area contributed by atoms with Gasteiger partial charge in [0.25, 0.3) is 0 Å². The van der Waals surface area contributed by atoms with E-state index >= 15 is 0 Å². The van der Waals surface area contributed by atoms with Gasteiger partial charge in [-0.15, -0.1) is 23.5 Å². The zero-order chi connectivity index (χ0) is 52.0. The number of thioether (sulfide) groups is 2. The molecule has 0 saturated carbocycles. The highest BCUT2D eigenvalue weighted by molar-refractivity contribution is 8.00. The molecule has 0 bridgehead atoms. The Morgan fingerprint density at radius 3 is 0.688 bits per heavy atom. The van der Waals surface area contributed by atoms with E-state index in [9.17, 15) is 158 Å². The van der Waals surface area contributed by atoms with Crippen molar-refractivity contribution in [2.75, 3.05) is 18.1 Å². The molecule has 2 atom stereocenters. The zero-order valence-electron chi connectivity index (χ0n) is 28.7. The smallest absolute Gasteiger partial charge is 0.373 e. The third-order valence-corrected chi connectivity index (χ3v) is 10.9. The van der Waals surface area contributed by atoms with E-state index in [0.29, 0.717) is 0 Å². The molecule has 1 fully saturated rings. The molecule has 64 heavy (non-hydrogen) atoms. The Hall–Kier alpha value is -1.86. The molecule has 0 radical (unpaired) electrons. The molecule has 1 rings (SSSR count). The van der Waals surface area contributed by atoms with Gasteiger partial charge in [-0.05, 0) is 0 Å². The van der Waals surface area contributed by atoms with Crippen LogP contribution in [0, 0.1) is 0 Å².